The second-order valence-corrected chi connectivity index (χ2v) is 3.72. The van der Waals surface area contributed by atoms with Gasteiger partial charge in [0.1, 0.15) is 12.1 Å². The average molecular weight is 238 g/mol. The van der Waals surface area contributed by atoms with Crippen molar-refractivity contribution in [2.45, 2.75) is 0 Å². The molecule has 1 heterocycles. The molecule has 0 radical (unpaired) electrons. The number of nitrogens with one attached hydrogen (secondary N) is 1. The normalized spacial score (nSPS) is 9.50. The second kappa shape index (κ2) is 4.48. The third-order valence-electron chi connectivity index (χ3n) is 2.38. The minimum atomic E-state index is 0.317. The standard InChI is InChI=1S/C12H10N6/c1-18-7-11(15)12(17-18)16-10-3-2-8(5-13)9(4-10)6-14/h2-4,7H,15H2,1H3,(H,16,17). The van der Waals surface area contributed by atoms with Gasteiger partial charge in [-0.15, -0.1) is 0 Å². The monoisotopic (exact) mass is 238 g/mol. The highest BCUT2D eigenvalue weighted by Crippen LogP contribution is 2.22. The van der Waals surface area contributed by atoms with Crippen LogP contribution in [0.25, 0.3) is 0 Å². The van der Waals surface area contributed by atoms with Crippen molar-refractivity contribution < 1.29 is 0 Å². The summed E-state index contributed by atoms with van der Waals surface area (Å²) in [6.45, 7) is 0. The Hall–Kier alpha value is -2.99. The summed E-state index contributed by atoms with van der Waals surface area (Å²) >= 11 is 0. The topological polar surface area (TPSA) is 103 Å². The zero-order chi connectivity index (χ0) is 13.1. The van der Waals surface area contributed by atoms with E-state index in [0.717, 1.165) is 0 Å². The van der Waals surface area contributed by atoms with Crippen molar-refractivity contribution in [3.05, 3.63) is 35.5 Å². The van der Waals surface area contributed by atoms with Crippen molar-refractivity contribution in [3.63, 3.8) is 0 Å². The average Bonchev–Trinajstić information content (AvgIpc) is 2.67. The maximum absolute atomic E-state index is 8.93. The first-order chi connectivity index (χ1) is 8.63. The molecule has 0 spiro atoms. The zero-order valence-corrected chi connectivity index (χ0v) is 9.68. The van der Waals surface area contributed by atoms with Crippen molar-refractivity contribution in [1.82, 2.24) is 9.78 Å². The van der Waals surface area contributed by atoms with E-state index in [2.05, 4.69) is 10.4 Å². The molecule has 0 saturated carbocycles. The number of hydrogen-bond acceptors (Lipinski definition) is 5. The van der Waals surface area contributed by atoms with Crippen LogP contribution in [0.15, 0.2) is 24.4 Å². The van der Waals surface area contributed by atoms with Gasteiger partial charge >= 0.3 is 0 Å². The summed E-state index contributed by atoms with van der Waals surface area (Å²) in [6.07, 6.45) is 1.68. The fraction of sp³-hybridized carbons (Fsp3) is 0.0833. The Kier molecular flexibility index (Phi) is 2.86. The quantitative estimate of drug-likeness (QED) is 0.824. The van der Waals surface area contributed by atoms with E-state index < -0.39 is 0 Å². The molecule has 0 atom stereocenters. The summed E-state index contributed by atoms with van der Waals surface area (Å²) in [5, 5.41) is 24.9. The van der Waals surface area contributed by atoms with Crippen molar-refractivity contribution in [2.24, 2.45) is 7.05 Å². The molecule has 0 fully saturated rings. The van der Waals surface area contributed by atoms with E-state index in [1.54, 1.807) is 36.1 Å². The molecule has 0 amide bonds. The number of rotatable bonds is 2. The molecule has 18 heavy (non-hydrogen) atoms. The lowest BCUT2D eigenvalue weighted by Crippen LogP contribution is -1.97. The summed E-state index contributed by atoms with van der Waals surface area (Å²) in [5.41, 5.74) is 7.59. The number of aromatic nitrogens is 2. The lowest BCUT2D eigenvalue weighted by Gasteiger charge is -2.04. The zero-order valence-electron chi connectivity index (χ0n) is 9.68. The van der Waals surface area contributed by atoms with Gasteiger partial charge in [0, 0.05) is 18.9 Å². The van der Waals surface area contributed by atoms with Crippen LogP contribution in [0.3, 0.4) is 0 Å². The van der Waals surface area contributed by atoms with E-state index in [-0.39, 0.29) is 0 Å². The van der Waals surface area contributed by atoms with Gasteiger partial charge in [-0.25, -0.2) is 0 Å². The first-order valence-electron chi connectivity index (χ1n) is 5.14. The van der Waals surface area contributed by atoms with Crippen LogP contribution in [0.5, 0.6) is 0 Å². The van der Waals surface area contributed by atoms with Gasteiger partial charge in [-0.05, 0) is 18.2 Å². The van der Waals surface area contributed by atoms with Crippen molar-refractivity contribution in [2.75, 3.05) is 11.1 Å². The van der Waals surface area contributed by atoms with Crippen LogP contribution in [-0.2, 0) is 7.05 Å². The van der Waals surface area contributed by atoms with Gasteiger partial charge in [-0.1, -0.05) is 0 Å². The lowest BCUT2D eigenvalue weighted by atomic mass is 10.1. The number of nitrogen functional groups attached to an aromatic ring is 1. The Labute approximate surface area is 104 Å². The number of nitrogens with zero attached hydrogens (tertiary/aromatic N) is 4. The maximum Gasteiger partial charge on any atom is 0.175 e. The van der Waals surface area contributed by atoms with E-state index >= 15 is 0 Å². The molecule has 1 aromatic carbocycles. The predicted molar refractivity (Wildman–Crippen MR) is 66.8 cm³/mol. The Bertz CT molecular complexity index is 671. The molecule has 0 bridgehead atoms. The molecule has 88 valence electrons. The van der Waals surface area contributed by atoms with Crippen LogP contribution in [0.1, 0.15) is 11.1 Å². The fourth-order valence-electron chi connectivity index (χ4n) is 1.55. The van der Waals surface area contributed by atoms with E-state index in [9.17, 15) is 0 Å². The van der Waals surface area contributed by atoms with E-state index in [1.165, 1.54) is 0 Å². The largest absolute Gasteiger partial charge is 0.394 e. The van der Waals surface area contributed by atoms with Crippen LogP contribution >= 0.6 is 0 Å². The van der Waals surface area contributed by atoms with Crippen LogP contribution in [0.4, 0.5) is 17.2 Å². The molecule has 1 aromatic heterocycles. The number of nitriles is 2. The number of aryl methyl sites for hydroxylation is 1. The molecule has 2 aromatic rings. The molecule has 2 rings (SSSR count). The van der Waals surface area contributed by atoms with Crippen molar-refractivity contribution in [1.29, 1.82) is 10.5 Å². The van der Waals surface area contributed by atoms with Gasteiger partial charge in [0.25, 0.3) is 0 Å². The third kappa shape index (κ3) is 2.08. The highest BCUT2D eigenvalue weighted by molar-refractivity contribution is 5.69. The minimum Gasteiger partial charge on any atom is -0.394 e. The van der Waals surface area contributed by atoms with Crippen LogP contribution in [0, 0.1) is 22.7 Å². The number of benzene rings is 1. The van der Waals surface area contributed by atoms with E-state index in [4.69, 9.17) is 16.3 Å². The fourth-order valence-corrected chi connectivity index (χ4v) is 1.55. The number of anilines is 3. The molecule has 6 heteroatoms. The van der Waals surface area contributed by atoms with Gasteiger partial charge in [-0.3, -0.25) is 4.68 Å². The number of nitrogens with two attached hydrogens (primary N) is 1. The molecular weight excluding hydrogens is 228 g/mol. The Morgan fingerprint density at radius 1 is 1.28 bits per heavy atom. The summed E-state index contributed by atoms with van der Waals surface area (Å²) < 4.78 is 1.59. The van der Waals surface area contributed by atoms with Gasteiger partial charge < -0.3 is 11.1 Å². The smallest absolute Gasteiger partial charge is 0.175 e. The highest BCUT2D eigenvalue weighted by Gasteiger charge is 2.07. The molecule has 3 N–H and O–H groups in total. The Balaban J connectivity index is 2.34. The van der Waals surface area contributed by atoms with Gasteiger partial charge in [0.2, 0.25) is 0 Å². The molecule has 0 unspecified atom stereocenters. The predicted octanol–water partition coefficient (Wildman–Crippen LogP) is 1.49. The SMILES string of the molecule is Cn1cc(N)c(Nc2ccc(C#N)c(C#N)c2)n1. The Morgan fingerprint density at radius 2 is 2.00 bits per heavy atom. The van der Waals surface area contributed by atoms with Crippen LogP contribution in [0.2, 0.25) is 0 Å². The van der Waals surface area contributed by atoms with Gasteiger partial charge in [0.15, 0.2) is 5.82 Å². The first kappa shape index (κ1) is 11.5. The highest BCUT2D eigenvalue weighted by atomic mass is 15.3. The first-order valence-corrected chi connectivity index (χ1v) is 5.14. The van der Waals surface area contributed by atoms with Crippen molar-refractivity contribution >= 4 is 17.2 Å². The molecule has 0 aliphatic carbocycles. The van der Waals surface area contributed by atoms with E-state index in [1.807, 2.05) is 12.1 Å². The van der Waals surface area contributed by atoms with Gasteiger partial charge in [-0.2, -0.15) is 15.6 Å². The second-order valence-electron chi connectivity index (χ2n) is 3.72. The number of hydrogen-bond donors (Lipinski definition) is 2. The minimum absolute atomic E-state index is 0.317. The van der Waals surface area contributed by atoms with E-state index in [0.29, 0.717) is 28.3 Å². The van der Waals surface area contributed by atoms with Crippen molar-refractivity contribution in [3.8, 4) is 12.1 Å². The molecule has 0 aliphatic heterocycles. The molecule has 0 saturated heterocycles. The Morgan fingerprint density at radius 3 is 2.56 bits per heavy atom. The summed E-state index contributed by atoms with van der Waals surface area (Å²) in [7, 11) is 1.76. The molecule has 0 aliphatic rings. The molecular formula is C12H10N6. The molecule has 6 nitrogen and oxygen atoms in total. The van der Waals surface area contributed by atoms with Gasteiger partial charge in [0.05, 0.1) is 16.8 Å². The van der Waals surface area contributed by atoms with Crippen LogP contribution < -0.4 is 11.1 Å². The summed E-state index contributed by atoms with van der Waals surface area (Å²) in [6, 6.07) is 8.81. The summed E-state index contributed by atoms with van der Waals surface area (Å²) in [4.78, 5) is 0. The van der Waals surface area contributed by atoms with Crippen LogP contribution in [-0.4, -0.2) is 9.78 Å². The lowest BCUT2D eigenvalue weighted by molar-refractivity contribution is 0.771. The third-order valence-corrected chi connectivity index (χ3v) is 2.38. The summed E-state index contributed by atoms with van der Waals surface area (Å²) in [5.74, 6) is 0.520. The maximum atomic E-state index is 8.93.